The standard InChI is InChI=1S/C11H9F3O2/c12-11(13,14)8-4-2-1-3-7(8)10(5-6-10)9(15)16/h1-4H,5-6H2,(H,15,16). The van der Waals surface area contributed by atoms with Crippen LogP contribution in [0.1, 0.15) is 24.0 Å². The summed E-state index contributed by atoms with van der Waals surface area (Å²) >= 11 is 0. The van der Waals surface area contributed by atoms with Crippen LogP contribution in [0.4, 0.5) is 13.2 Å². The van der Waals surface area contributed by atoms with Crippen LogP contribution in [-0.4, -0.2) is 11.1 Å². The molecule has 5 heteroatoms. The first-order valence-electron chi connectivity index (χ1n) is 4.78. The van der Waals surface area contributed by atoms with E-state index in [0.717, 1.165) is 6.07 Å². The highest BCUT2D eigenvalue weighted by Gasteiger charge is 2.55. The SMILES string of the molecule is O=C(O)C1(c2ccccc2C(F)(F)F)CC1. The average Bonchev–Trinajstić information content (AvgIpc) is 2.97. The lowest BCUT2D eigenvalue weighted by atomic mass is 9.91. The van der Waals surface area contributed by atoms with Crippen LogP contribution >= 0.6 is 0 Å². The van der Waals surface area contributed by atoms with Crippen LogP contribution in [0.25, 0.3) is 0 Å². The smallest absolute Gasteiger partial charge is 0.416 e. The molecule has 2 rings (SSSR count). The second-order valence-corrected chi connectivity index (χ2v) is 3.93. The van der Waals surface area contributed by atoms with Gasteiger partial charge in [0.1, 0.15) is 0 Å². The van der Waals surface area contributed by atoms with Gasteiger partial charge >= 0.3 is 12.1 Å². The van der Waals surface area contributed by atoms with E-state index in [4.69, 9.17) is 5.11 Å². The molecule has 0 atom stereocenters. The number of carboxylic acids is 1. The van der Waals surface area contributed by atoms with Gasteiger partial charge in [-0.25, -0.2) is 0 Å². The van der Waals surface area contributed by atoms with Crippen molar-refractivity contribution in [1.82, 2.24) is 0 Å². The summed E-state index contributed by atoms with van der Waals surface area (Å²) in [5.74, 6) is -1.18. The zero-order chi connectivity index (χ0) is 12.0. The van der Waals surface area contributed by atoms with Gasteiger partial charge in [-0.3, -0.25) is 4.79 Å². The fourth-order valence-electron chi connectivity index (χ4n) is 1.87. The molecule has 0 aromatic heterocycles. The Labute approximate surface area is 89.7 Å². The van der Waals surface area contributed by atoms with Crippen molar-refractivity contribution >= 4 is 5.97 Å². The molecule has 1 saturated carbocycles. The van der Waals surface area contributed by atoms with E-state index in [1.807, 2.05) is 0 Å². The van der Waals surface area contributed by atoms with Gasteiger partial charge in [-0.1, -0.05) is 18.2 Å². The second-order valence-electron chi connectivity index (χ2n) is 3.93. The minimum Gasteiger partial charge on any atom is -0.481 e. The number of carbonyl (C=O) groups is 1. The van der Waals surface area contributed by atoms with Gasteiger partial charge in [-0.05, 0) is 24.5 Å². The first-order chi connectivity index (χ1) is 7.38. The molecule has 2 nitrogen and oxygen atoms in total. The topological polar surface area (TPSA) is 37.3 Å². The number of alkyl halides is 3. The zero-order valence-electron chi connectivity index (χ0n) is 8.21. The Morgan fingerprint density at radius 1 is 1.25 bits per heavy atom. The summed E-state index contributed by atoms with van der Waals surface area (Å²) in [6.45, 7) is 0. The van der Waals surface area contributed by atoms with Crippen LogP contribution in [-0.2, 0) is 16.4 Å². The number of hydrogen-bond donors (Lipinski definition) is 1. The molecule has 0 amide bonds. The van der Waals surface area contributed by atoms with E-state index >= 15 is 0 Å². The number of rotatable bonds is 2. The maximum atomic E-state index is 12.7. The lowest BCUT2D eigenvalue weighted by Gasteiger charge is -2.17. The van der Waals surface area contributed by atoms with Crippen LogP contribution in [0.2, 0.25) is 0 Å². The van der Waals surface area contributed by atoms with Crippen LogP contribution in [0.15, 0.2) is 24.3 Å². The van der Waals surface area contributed by atoms with Gasteiger partial charge < -0.3 is 5.11 Å². The van der Waals surface area contributed by atoms with Gasteiger partial charge in [-0.2, -0.15) is 13.2 Å². The fourth-order valence-corrected chi connectivity index (χ4v) is 1.87. The molecular weight excluding hydrogens is 221 g/mol. The van der Waals surface area contributed by atoms with Crippen LogP contribution in [0.3, 0.4) is 0 Å². The van der Waals surface area contributed by atoms with E-state index in [1.165, 1.54) is 18.2 Å². The van der Waals surface area contributed by atoms with Crippen molar-refractivity contribution in [1.29, 1.82) is 0 Å². The molecule has 0 saturated heterocycles. The highest BCUT2D eigenvalue weighted by atomic mass is 19.4. The predicted octanol–water partition coefficient (Wildman–Crippen LogP) is 2.82. The van der Waals surface area contributed by atoms with Crippen molar-refractivity contribution < 1.29 is 23.1 Å². The van der Waals surface area contributed by atoms with Gasteiger partial charge in [0.15, 0.2) is 0 Å². The van der Waals surface area contributed by atoms with Gasteiger partial charge in [0.2, 0.25) is 0 Å². The maximum absolute atomic E-state index is 12.7. The molecule has 0 heterocycles. The molecule has 0 aliphatic heterocycles. The van der Waals surface area contributed by atoms with Crippen molar-refractivity contribution in [2.24, 2.45) is 0 Å². The van der Waals surface area contributed by atoms with E-state index < -0.39 is 23.1 Å². The van der Waals surface area contributed by atoms with Crippen LogP contribution in [0.5, 0.6) is 0 Å². The summed E-state index contributed by atoms with van der Waals surface area (Å²) in [6.07, 6.45) is -3.95. The van der Waals surface area contributed by atoms with Crippen molar-refractivity contribution in [2.75, 3.05) is 0 Å². The summed E-state index contributed by atoms with van der Waals surface area (Å²) in [5.41, 5.74) is -2.27. The summed E-state index contributed by atoms with van der Waals surface area (Å²) in [6, 6.07) is 4.89. The Kier molecular flexibility index (Phi) is 2.22. The van der Waals surface area contributed by atoms with Gasteiger partial charge in [-0.15, -0.1) is 0 Å². The average molecular weight is 230 g/mol. The maximum Gasteiger partial charge on any atom is 0.416 e. The molecule has 0 radical (unpaired) electrons. The largest absolute Gasteiger partial charge is 0.481 e. The van der Waals surface area contributed by atoms with Crippen LogP contribution in [0, 0.1) is 0 Å². The summed E-state index contributed by atoms with van der Waals surface area (Å²) in [5, 5.41) is 8.98. The Balaban J connectivity index is 2.54. The van der Waals surface area contributed by atoms with E-state index in [1.54, 1.807) is 0 Å². The molecule has 86 valence electrons. The molecule has 0 bridgehead atoms. The third kappa shape index (κ3) is 1.56. The van der Waals surface area contributed by atoms with Gasteiger partial charge in [0, 0.05) is 0 Å². The Morgan fingerprint density at radius 2 is 1.81 bits per heavy atom. The lowest BCUT2D eigenvalue weighted by molar-refractivity contribution is -0.142. The Morgan fingerprint density at radius 3 is 2.25 bits per heavy atom. The van der Waals surface area contributed by atoms with Crippen molar-refractivity contribution in [3.8, 4) is 0 Å². The van der Waals surface area contributed by atoms with E-state index in [9.17, 15) is 18.0 Å². The number of hydrogen-bond acceptors (Lipinski definition) is 1. The third-order valence-corrected chi connectivity index (χ3v) is 2.91. The van der Waals surface area contributed by atoms with Crippen molar-refractivity contribution in [2.45, 2.75) is 24.4 Å². The first-order valence-corrected chi connectivity index (χ1v) is 4.78. The highest BCUT2D eigenvalue weighted by Crippen LogP contribution is 2.51. The van der Waals surface area contributed by atoms with Crippen molar-refractivity contribution in [3.63, 3.8) is 0 Å². The molecule has 16 heavy (non-hydrogen) atoms. The summed E-state index contributed by atoms with van der Waals surface area (Å²) in [7, 11) is 0. The number of halogens is 3. The predicted molar refractivity (Wildman–Crippen MR) is 50.0 cm³/mol. The van der Waals surface area contributed by atoms with Crippen molar-refractivity contribution in [3.05, 3.63) is 35.4 Å². The molecule has 1 aliphatic carbocycles. The second kappa shape index (κ2) is 3.23. The van der Waals surface area contributed by atoms with Crippen LogP contribution < -0.4 is 0 Å². The third-order valence-electron chi connectivity index (χ3n) is 2.91. The summed E-state index contributed by atoms with van der Waals surface area (Å²) < 4.78 is 38.0. The Hall–Kier alpha value is -1.52. The monoisotopic (exact) mass is 230 g/mol. The minimum atomic E-state index is -4.50. The zero-order valence-corrected chi connectivity index (χ0v) is 8.21. The highest BCUT2D eigenvalue weighted by molar-refractivity contribution is 5.85. The van der Waals surface area contributed by atoms with E-state index in [2.05, 4.69) is 0 Å². The minimum absolute atomic E-state index is 0.116. The molecule has 1 N–H and O–H groups in total. The molecule has 1 aromatic carbocycles. The molecule has 1 fully saturated rings. The normalized spacial score (nSPS) is 18.2. The van der Waals surface area contributed by atoms with Gasteiger partial charge in [0.05, 0.1) is 11.0 Å². The number of carboxylic acid groups (broad SMARTS) is 1. The summed E-state index contributed by atoms with van der Waals surface area (Å²) in [4.78, 5) is 11.0. The molecular formula is C11H9F3O2. The number of aliphatic carboxylic acids is 1. The molecule has 1 aliphatic rings. The van der Waals surface area contributed by atoms with E-state index in [-0.39, 0.29) is 18.4 Å². The quantitative estimate of drug-likeness (QED) is 0.848. The lowest BCUT2D eigenvalue weighted by Crippen LogP contribution is -2.23. The number of benzene rings is 1. The van der Waals surface area contributed by atoms with E-state index in [0.29, 0.717) is 0 Å². The Bertz CT molecular complexity index is 433. The van der Waals surface area contributed by atoms with Gasteiger partial charge in [0.25, 0.3) is 0 Å². The fraction of sp³-hybridized carbons (Fsp3) is 0.364. The molecule has 0 spiro atoms. The first kappa shape index (κ1) is 11.0. The molecule has 0 unspecified atom stereocenters. The molecule has 1 aromatic rings.